The van der Waals surface area contributed by atoms with Crippen molar-refractivity contribution in [3.8, 4) is 0 Å². The molecule has 2 N–H and O–H groups in total. The largest absolute Gasteiger partial charge is 0.370 e. The molecule has 0 spiro atoms. The van der Waals surface area contributed by atoms with E-state index in [-0.39, 0.29) is 11.7 Å². The smallest absolute Gasteiger partial charge is 0.274 e. The number of rotatable bonds is 6. The quantitative estimate of drug-likeness (QED) is 0.665. The minimum absolute atomic E-state index is 0.248. The van der Waals surface area contributed by atoms with E-state index in [9.17, 15) is 9.18 Å². The molecule has 0 saturated carbocycles. The zero-order valence-electron chi connectivity index (χ0n) is 16.2. The molecule has 6 heteroatoms. The number of benzene rings is 2. The first kappa shape index (κ1) is 19.5. The standard InChI is InChI=1S/C22H23FN4O/c1-14-5-4-6-15(2)21(14)27-22(28)19-13-20(26-16(3)25-19)24-12-11-17-7-9-18(23)10-8-17/h4-10,13H,11-12H2,1-3H3,(H,27,28)(H,24,25,26). The topological polar surface area (TPSA) is 66.9 Å². The highest BCUT2D eigenvalue weighted by atomic mass is 19.1. The fourth-order valence-corrected chi connectivity index (χ4v) is 2.95. The minimum Gasteiger partial charge on any atom is -0.370 e. The van der Waals surface area contributed by atoms with Gasteiger partial charge in [0, 0.05) is 18.3 Å². The Morgan fingerprint density at radius 3 is 2.36 bits per heavy atom. The second-order valence-corrected chi connectivity index (χ2v) is 6.71. The van der Waals surface area contributed by atoms with Gasteiger partial charge in [0.05, 0.1) is 0 Å². The van der Waals surface area contributed by atoms with E-state index in [1.54, 1.807) is 25.1 Å². The Kier molecular flexibility index (Phi) is 5.99. The summed E-state index contributed by atoms with van der Waals surface area (Å²) in [6.07, 6.45) is 0.716. The van der Waals surface area contributed by atoms with Gasteiger partial charge in [0.25, 0.3) is 5.91 Å². The second-order valence-electron chi connectivity index (χ2n) is 6.71. The number of amides is 1. The van der Waals surface area contributed by atoms with Gasteiger partial charge in [0.15, 0.2) is 0 Å². The lowest BCUT2D eigenvalue weighted by Gasteiger charge is -2.12. The van der Waals surface area contributed by atoms with Gasteiger partial charge in [-0.3, -0.25) is 4.79 Å². The number of carbonyl (C=O) groups excluding carboxylic acids is 1. The van der Waals surface area contributed by atoms with Gasteiger partial charge in [0.1, 0.15) is 23.2 Å². The molecule has 1 aromatic heterocycles. The molecule has 0 aliphatic rings. The normalized spacial score (nSPS) is 10.6. The third kappa shape index (κ3) is 4.91. The summed E-state index contributed by atoms with van der Waals surface area (Å²) in [5.74, 6) is 0.576. The van der Waals surface area contributed by atoms with Gasteiger partial charge in [-0.05, 0) is 56.0 Å². The first-order chi connectivity index (χ1) is 13.4. The average molecular weight is 378 g/mol. The summed E-state index contributed by atoms with van der Waals surface area (Å²) in [5.41, 5.74) is 4.12. The molecule has 0 unspecified atom stereocenters. The molecule has 0 saturated heterocycles. The molecule has 0 aliphatic heterocycles. The highest BCUT2D eigenvalue weighted by Crippen LogP contribution is 2.20. The molecular weight excluding hydrogens is 355 g/mol. The van der Waals surface area contributed by atoms with E-state index in [0.717, 1.165) is 22.4 Å². The predicted molar refractivity (Wildman–Crippen MR) is 109 cm³/mol. The highest BCUT2D eigenvalue weighted by molar-refractivity contribution is 6.04. The number of carbonyl (C=O) groups is 1. The molecule has 28 heavy (non-hydrogen) atoms. The molecule has 0 radical (unpaired) electrons. The maximum absolute atomic E-state index is 13.0. The zero-order chi connectivity index (χ0) is 20.1. The Balaban J connectivity index is 1.68. The lowest BCUT2D eigenvalue weighted by molar-refractivity contribution is 0.102. The summed E-state index contributed by atoms with van der Waals surface area (Å²) in [6.45, 7) is 6.27. The van der Waals surface area contributed by atoms with Crippen LogP contribution >= 0.6 is 0 Å². The van der Waals surface area contributed by atoms with Gasteiger partial charge in [-0.2, -0.15) is 0 Å². The Hall–Kier alpha value is -3.28. The fourth-order valence-electron chi connectivity index (χ4n) is 2.95. The first-order valence-electron chi connectivity index (χ1n) is 9.14. The summed E-state index contributed by atoms with van der Waals surface area (Å²) >= 11 is 0. The van der Waals surface area contributed by atoms with Crippen molar-refractivity contribution in [3.63, 3.8) is 0 Å². The van der Waals surface area contributed by atoms with Crippen LogP contribution in [0.15, 0.2) is 48.5 Å². The SMILES string of the molecule is Cc1nc(NCCc2ccc(F)cc2)cc(C(=O)Nc2c(C)cccc2C)n1. The van der Waals surface area contributed by atoms with Crippen molar-refractivity contribution in [2.45, 2.75) is 27.2 Å². The lowest BCUT2D eigenvalue weighted by Crippen LogP contribution is -2.17. The van der Waals surface area contributed by atoms with Crippen LogP contribution in [0.5, 0.6) is 0 Å². The molecule has 0 fully saturated rings. The number of anilines is 2. The van der Waals surface area contributed by atoms with Crippen LogP contribution in [0.3, 0.4) is 0 Å². The zero-order valence-corrected chi connectivity index (χ0v) is 16.2. The Bertz CT molecular complexity index is 966. The maximum atomic E-state index is 13.0. The third-order valence-electron chi connectivity index (χ3n) is 4.42. The van der Waals surface area contributed by atoms with Crippen molar-refractivity contribution >= 4 is 17.4 Å². The van der Waals surface area contributed by atoms with E-state index in [1.807, 2.05) is 32.0 Å². The van der Waals surface area contributed by atoms with Crippen molar-refractivity contribution in [3.05, 3.63) is 82.6 Å². The number of hydrogen-bond donors (Lipinski definition) is 2. The molecule has 3 aromatic rings. The fraction of sp³-hybridized carbons (Fsp3) is 0.227. The van der Waals surface area contributed by atoms with Crippen LogP contribution in [0.2, 0.25) is 0 Å². The predicted octanol–water partition coefficient (Wildman–Crippen LogP) is 4.45. The minimum atomic E-state index is -0.274. The molecule has 144 valence electrons. The number of nitrogens with zero attached hydrogens (tertiary/aromatic N) is 2. The van der Waals surface area contributed by atoms with Crippen molar-refractivity contribution < 1.29 is 9.18 Å². The van der Waals surface area contributed by atoms with E-state index in [4.69, 9.17) is 0 Å². The van der Waals surface area contributed by atoms with E-state index in [1.165, 1.54) is 12.1 Å². The highest BCUT2D eigenvalue weighted by Gasteiger charge is 2.13. The van der Waals surface area contributed by atoms with Gasteiger partial charge < -0.3 is 10.6 Å². The summed E-state index contributed by atoms with van der Waals surface area (Å²) in [6, 6.07) is 13.9. The van der Waals surface area contributed by atoms with Crippen LogP contribution in [0.25, 0.3) is 0 Å². The Labute approximate surface area is 164 Å². The van der Waals surface area contributed by atoms with Crippen molar-refractivity contribution in [2.75, 3.05) is 17.2 Å². The Morgan fingerprint density at radius 2 is 1.68 bits per heavy atom. The van der Waals surface area contributed by atoms with E-state index < -0.39 is 0 Å². The first-order valence-corrected chi connectivity index (χ1v) is 9.14. The van der Waals surface area contributed by atoms with Gasteiger partial charge in [-0.15, -0.1) is 0 Å². The molecule has 2 aromatic carbocycles. The summed E-state index contributed by atoms with van der Waals surface area (Å²) in [4.78, 5) is 21.3. The van der Waals surface area contributed by atoms with Gasteiger partial charge in [-0.1, -0.05) is 30.3 Å². The van der Waals surface area contributed by atoms with Crippen LogP contribution < -0.4 is 10.6 Å². The van der Waals surface area contributed by atoms with E-state index >= 15 is 0 Å². The van der Waals surface area contributed by atoms with Crippen LogP contribution in [-0.2, 0) is 6.42 Å². The molecule has 5 nitrogen and oxygen atoms in total. The number of nitrogens with one attached hydrogen (secondary N) is 2. The van der Waals surface area contributed by atoms with E-state index in [0.29, 0.717) is 30.3 Å². The number of aromatic nitrogens is 2. The number of aryl methyl sites for hydroxylation is 3. The van der Waals surface area contributed by atoms with Crippen LogP contribution in [-0.4, -0.2) is 22.4 Å². The van der Waals surface area contributed by atoms with Crippen molar-refractivity contribution in [2.24, 2.45) is 0 Å². The Morgan fingerprint density at radius 1 is 1.00 bits per heavy atom. The van der Waals surface area contributed by atoms with E-state index in [2.05, 4.69) is 20.6 Å². The summed E-state index contributed by atoms with van der Waals surface area (Å²) in [5, 5.41) is 6.15. The number of hydrogen-bond acceptors (Lipinski definition) is 4. The number of halogens is 1. The molecule has 0 atom stereocenters. The molecular formula is C22H23FN4O. The molecule has 3 rings (SSSR count). The van der Waals surface area contributed by atoms with Gasteiger partial charge >= 0.3 is 0 Å². The third-order valence-corrected chi connectivity index (χ3v) is 4.42. The van der Waals surface area contributed by atoms with Crippen LogP contribution in [0.1, 0.15) is 33.0 Å². The molecule has 1 amide bonds. The summed E-state index contributed by atoms with van der Waals surface area (Å²) < 4.78 is 13.0. The molecule has 0 aliphatic carbocycles. The van der Waals surface area contributed by atoms with Crippen molar-refractivity contribution in [1.29, 1.82) is 0 Å². The van der Waals surface area contributed by atoms with Crippen molar-refractivity contribution in [1.82, 2.24) is 9.97 Å². The average Bonchev–Trinajstić information content (AvgIpc) is 2.66. The molecule has 0 bridgehead atoms. The second kappa shape index (κ2) is 8.61. The summed E-state index contributed by atoms with van der Waals surface area (Å²) in [7, 11) is 0. The van der Waals surface area contributed by atoms with Gasteiger partial charge in [-0.25, -0.2) is 14.4 Å². The lowest BCUT2D eigenvalue weighted by atomic mass is 10.1. The van der Waals surface area contributed by atoms with Crippen LogP contribution in [0.4, 0.5) is 15.9 Å². The van der Waals surface area contributed by atoms with Crippen LogP contribution in [0, 0.1) is 26.6 Å². The molecule has 1 heterocycles. The monoisotopic (exact) mass is 378 g/mol. The number of para-hydroxylation sites is 1. The maximum Gasteiger partial charge on any atom is 0.274 e. The van der Waals surface area contributed by atoms with Gasteiger partial charge in [0.2, 0.25) is 0 Å².